The number of nitrogens with zero attached hydrogens (tertiary/aromatic N) is 2. The minimum atomic E-state index is -0.425. The third-order valence-corrected chi connectivity index (χ3v) is 5.10. The zero-order valence-corrected chi connectivity index (χ0v) is 15.0. The summed E-state index contributed by atoms with van der Waals surface area (Å²) in [5.74, 6) is -0.0694. The second kappa shape index (κ2) is 8.43. The fourth-order valence-electron chi connectivity index (χ4n) is 2.69. The number of methoxy groups -OCH3 is 1. The first-order valence-corrected chi connectivity index (χ1v) is 9.31. The lowest BCUT2D eigenvalue weighted by Crippen LogP contribution is -2.37. The molecule has 0 radical (unpaired) electrons. The van der Waals surface area contributed by atoms with Crippen molar-refractivity contribution in [2.24, 2.45) is 5.92 Å². The molecule has 1 aromatic heterocycles. The molecule has 1 aliphatic carbocycles. The molecule has 0 saturated heterocycles. The molecule has 23 heavy (non-hydrogen) atoms. The van der Waals surface area contributed by atoms with E-state index >= 15 is 0 Å². The zero-order chi connectivity index (χ0) is 16.8. The number of carbonyl (C=O) groups excluding carboxylic acids is 2. The van der Waals surface area contributed by atoms with Gasteiger partial charge < -0.3 is 9.64 Å². The smallest absolute Gasteiger partial charge is 0.357 e. The van der Waals surface area contributed by atoms with Crippen molar-refractivity contribution in [2.75, 3.05) is 7.11 Å². The van der Waals surface area contributed by atoms with Crippen LogP contribution < -0.4 is 0 Å². The van der Waals surface area contributed by atoms with E-state index in [1.807, 2.05) is 4.90 Å². The molecule has 0 aromatic carbocycles. The van der Waals surface area contributed by atoms with Crippen LogP contribution >= 0.6 is 11.3 Å². The van der Waals surface area contributed by atoms with Crippen LogP contribution in [0.3, 0.4) is 0 Å². The number of aromatic nitrogens is 1. The minimum absolute atomic E-state index is 0.107. The Hall–Kier alpha value is -1.43. The van der Waals surface area contributed by atoms with E-state index in [1.54, 1.807) is 5.38 Å². The molecule has 1 aliphatic rings. The summed E-state index contributed by atoms with van der Waals surface area (Å²) in [6.45, 7) is 4.75. The molecular weight excluding hydrogens is 312 g/mol. The highest BCUT2D eigenvalue weighted by molar-refractivity contribution is 7.09. The van der Waals surface area contributed by atoms with Gasteiger partial charge in [0.15, 0.2) is 5.69 Å². The quantitative estimate of drug-likeness (QED) is 0.645. The number of hydrogen-bond donors (Lipinski definition) is 0. The van der Waals surface area contributed by atoms with Gasteiger partial charge in [-0.25, -0.2) is 9.78 Å². The number of ether oxygens (including phenoxy) is 1. The van der Waals surface area contributed by atoms with Gasteiger partial charge in [-0.1, -0.05) is 26.7 Å². The van der Waals surface area contributed by atoms with Gasteiger partial charge in [0.1, 0.15) is 5.01 Å². The highest BCUT2D eigenvalue weighted by atomic mass is 32.1. The molecule has 2 rings (SSSR count). The van der Waals surface area contributed by atoms with E-state index in [4.69, 9.17) is 0 Å². The molecule has 0 N–H and O–H groups in total. The van der Waals surface area contributed by atoms with Crippen molar-refractivity contribution in [3.63, 3.8) is 0 Å². The molecule has 1 heterocycles. The summed E-state index contributed by atoms with van der Waals surface area (Å²) in [4.78, 5) is 30.7. The van der Waals surface area contributed by atoms with Gasteiger partial charge in [0, 0.05) is 17.3 Å². The van der Waals surface area contributed by atoms with Crippen molar-refractivity contribution in [1.82, 2.24) is 9.88 Å². The first-order chi connectivity index (χ1) is 11.1. The number of rotatable bonds is 9. The number of unbranched alkanes of at least 4 members (excludes halogenated alkanes) is 1. The largest absolute Gasteiger partial charge is 0.464 e. The van der Waals surface area contributed by atoms with Crippen LogP contribution in [0.5, 0.6) is 0 Å². The van der Waals surface area contributed by atoms with E-state index in [-0.39, 0.29) is 11.8 Å². The van der Waals surface area contributed by atoms with Crippen molar-refractivity contribution in [3.8, 4) is 0 Å². The molecule has 128 valence electrons. The lowest BCUT2D eigenvalue weighted by molar-refractivity contribution is -0.137. The van der Waals surface area contributed by atoms with Gasteiger partial charge in [-0.15, -0.1) is 11.3 Å². The van der Waals surface area contributed by atoms with Gasteiger partial charge in [0.25, 0.3) is 0 Å². The molecule has 6 heteroatoms. The third-order valence-electron chi connectivity index (χ3n) is 4.27. The molecular formula is C17H26N2O3S. The Labute approximate surface area is 142 Å². The van der Waals surface area contributed by atoms with Crippen molar-refractivity contribution in [3.05, 3.63) is 16.1 Å². The SMILES string of the molecule is CCCCC(CC)C(=O)N(Cc1nc(C(=O)OC)cs1)C1CC1. The highest BCUT2D eigenvalue weighted by Gasteiger charge is 2.35. The van der Waals surface area contributed by atoms with Crippen LogP contribution in [0.1, 0.15) is 67.9 Å². The van der Waals surface area contributed by atoms with Gasteiger partial charge in [-0.3, -0.25) is 4.79 Å². The maximum Gasteiger partial charge on any atom is 0.357 e. The molecule has 0 aliphatic heterocycles. The Morgan fingerprint density at radius 3 is 2.74 bits per heavy atom. The predicted octanol–water partition coefficient (Wildman–Crippen LogP) is 3.64. The maximum atomic E-state index is 12.9. The Kier molecular flexibility index (Phi) is 6.57. The predicted molar refractivity (Wildman–Crippen MR) is 90.3 cm³/mol. The van der Waals surface area contributed by atoms with Crippen molar-refractivity contribution < 1.29 is 14.3 Å². The normalized spacial score (nSPS) is 15.3. The van der Waals surface area contributed by atoms with Gasteiger partial charge in [-0.2, -0.15) is 0 Å². The monoisotopic (exact) mass is 338 g/mol. The first kappa shape index (κ1) is 17.9. The second-order valence-electron chi connectivity index (χ2n) is 6.06. The van der Waals surface area contributed by atoms with E-state index in [9.17, 15) is 9.59 Å². The summed E-state index contributed by atoms with van der Waals surface area (Å²) in [6, 6.07) is 0.351. The van der Waals surface area contributed by atoms with Crippen LogP contribution in [0.4, 0.5) is 0 Å². The molecule has 1 fully saturated rings. The third kappa shape index (κ3) is 4.77. The average Bonchev–Trinajstić information content (AvgIpc) is 3.30. The second-order valence-corrected chi connectivity index (χ2v) is 7.01. The summed E-state index contributed by atoms with van der Waals surface area (Å²) in [6.07, 6.45) is 6.19. The highest BCUT2D eigenvalue weighted by Crippen LogP contribution is 2.31. The Morgan fingerprint density at radius 2 is 2.17 bits per heavy atom. The summed E-state index contributed by atoms with van der Waals surface area (Å²) >= 11 is 1.42. The van der Waals surface area contributed by atoms with Gasteiger partial charge in [0.2, 0.25) is 5.91 Å². The number of thiazole rings is 1. The molecule has 0 bridgehead atoms. The number of hydrogen-bond acceptors (Lipinski definition) is 5. The minimum Gasteiger partial charge on any atom is -0.464 e. The van der Waals surface area contributed by atoms with E-state index in [0.29, 0.717) is 18.3 Å². The molecule has 1 amide bonds. The van der Waals surface area contributed by atoms with E-state index < -0.39 is 5.97 Å². The number of esters is 1. The molecule has 1 aromatic rings. The van der Waals surface area contributed by atoms with E-state index in [0.717, 1.165) is 43.5 Å². The van der Waals surface area contributed by atoms with Crippen molar-refractivity contribution >= 4 is 23.2 Å². The summed E-state index contributed by atoms with van der Waals surface area (Å²) < 4.78 is 4.69. The van der Waals surface area contributed by atoms with E-state index in [2.05, 4.69) is 23.6 Å². The van der Waals surface area contributed by atoms with Crippen LogP contribution in [0.25, 0.3) is 0 Å². The van der Waals surface area contributed by atoms with Crippen molar-refractivity contribution in [2.45, 2.75) is 65.0 Å². The molecule has 5 nitrogen and oxygen atoms in total. The lowest BCUT2D eigenvalue weighted by Gasteiger charge is -2.26. The van der Waals surface area contributed by atoms with Gasteiger partial charge in [0.05, 0.1) is 13.7 Å². The fraction of sp³-hybridized carbons (Fsp3) is 0.706. The lowest BCUT2D eigenvalue weighted by atomic mass is 9.97. The topological polar surface area (TPSA) is 59.5 Å². The Bertz CT molecular complexity index is 540. The van der Waals surface area contributed by atoms with E-state index in [1.165, 1.54) is 18.4 Å². The van der Waals surface area contributed by atoms with Crippen molar-refractivity contribution in [1.29, 1.82) is 0 Å². The van der Waals surface area contributed by atoms with Crippen LogP contribution in [-0.4, -0.2) is 34.9 Å². The zero-order valence-electron chi connectivity index (χ0n) is 14.2. The maximum absolute atomic E-state index is 12.9. The first-order valence-electron chi connectivity index (χ1n) is 8.43. The Morgan fingerprint density at radius 1 is 1.43 bits per heavy atom. The summed E-state index contributed by atoms with van der Waals surface area (Å²) in [7, 11) is 1.35. The Balaban J connectivity index is 2.05. The fourth-order valence-corrected chi connectivity index (χ4v) is 3.45. The molecule has 1 saturated carbocycles. The van der Waals surface area contributed by atoms with Crippen LogP contribution in [0.15, 0.2) is 5.38 Å². The van der Waals surface area contributed by atoms with Gasteiger partial charge in [-0.05, 0) is 25.7 Å². The van der Waals surface area contributed by atoms with Crippen LogP contribution in [0.2, 0.25) is 0 Å². The summed E-state index contributed by atoms with van der Waals surface area (Å²) in [5.41, 5.74) is 0.328. The molecule has 1 atom stereocenters. The standard InChI is InChI=1S/C17H26N2O3S/c1-4-6-7-12(5-2)16(20)19(13-8-9-13)10-15-18-14(11-23-15)17(21)22-3/h11-13H,4-10H2,1-3H3. The molecule has 0 spiro atoms. The van der Waals surface area contributed by atoms with Gasteiger partial charge >= 0.3 is 5.97 Å². The molecule has 1 unspecified atom stereocenters. The van der Waals surface area contributed by atoms with Crippen LogP contribution in [-0.2, 0) is 16.1 Å². The number of carbonyl (C=O) groups is 2. The average molecular weight is 338 g/mol. The summed E-state index contributed by atoms with van der Waals surface area (Å²) in [5, 5.41) is 2.50. The van der Waals surface area contributed by atoms with Crippen LogP contribution in [0, 0.1) is 5.92 Å². The number of amides is 1.